The second kappa shape index (κ2) is 3.74. The highest BCUT2D eigenvalue weighted by molar-refractivity contribution is 7.26. The molecule has 0 atom stereocenters. The molecule has 0 spiro atoms. The van der Waals surface area contributed by atoms with Crippen LogP contribution in [0.5, 0.6) is 0 Å². The molecule has 0 fully saturated rings. The molecular weight excluding hydrogens is 230 g/mol. The van der Waals surface area contributed by atoms with Gasteiger partial charge in [-0.15, -0.1) is 16.0 Å². The maximum Gasteiger partial charge on any atom is 0.233 e. The molecule has 1 aromatic carbocycles. The molecule has 0 saturated heterocycles. The molecule has 0 bridgehead atoms. The number of aryl methyl sites for hydroxylation is 3. The molecule has 3 rings (SSSR count). The number of fused-ring (bicyclic) bond motifs is 3. The van der Waals surface area contributed by atoms with Crippen LogP contribution in [0.3, 0.4) is 0 Å². The number of rotatable bonds is 1. The molecule has 0 aliphatic heterocycles. The summed E-state index contributed by atoms with van der Waals surface area (Å²) in [6.07, 6.45) is 0.981. The molecule has 86 valence electrons. The van der Waals surface area contributed by atoms with Gasteiger partial charge in [-0.1, -0.05) is 19.1 Å². The molecule has 0 aliphatic carbocycles. The molecule has 0 aliphatic rings. The Labute approximate surface area is 104 Å². The number of hydrogen-bond donors (Lipinski definition) is 0. The maximum atomic E-state index is 4.34. The Morgan fingerprint density at radius 3 is 2.88 bits per heavy atom. The smallest absolute Gasteiger partial charge is 0.136 e. The Hall–Kier alpha value is -1.55. The molecule has 0 N–H and O–H groups in total. The minimum atomic E-state index is 0.981. The molecule has 0 radical (unpaired) electrons. The summed E-state index contributed by atoms with van der Waals surface area (Å²) in [6.45, 7) is 4.31. The molecule has 2 aromatic heterocycles. The van der Waals surface area contributed by atoms with Crippen LogP contribution in [0.2, 0.25) is 0 Å². The Kier molecular flexibility index (Phi) is 2.33. The summed E-state index contributed by atoms with van der Waals surface area (Å²) in [5.74, 6) is 0. The molecule has 17 heavy (non-hydrogen) atoms. The molecule has 2 heterocycles. The van der Waals surface area contributed by atoms with E-state index in [9.17, 15) is 0 Å². The number of hydrogen-bond acceptors (Lipinski definition) is 3. The Morgan fingerprint density at radius 2 is 2.12 bits per heavy atom. The highest BCUT2D eigenvalue weighted by Crippen LogP contribution is 2.34. The fourth-order valence-electron chi connectivity index (χ4n) is 2.24. The van der Waals surface area contributed by atoms with E-state index >= 15 is 0 Å². The predicted molar refractivity (Wildman–Crippen MR) is 70.2 cm³/mol. The van der Waals surface area contributed by atoms with Gasteiger partial charge in [0, 0.05) is 16.5 Å². The second-order valence-electron chi connectivity index (χ2n) is 4.24. The van der Waals surface area contributed by atoms with E-state index in [1.165, 1.54) is 26.0 Å². The minimum Gasteiger partial charge on any atom is -0.136 e. The highest BCUT2D eigenvalue weighted by Gasteiger charge is 2.19. The van der Waals surface area contributed by atoms with Crippen molar-refractivity contribution < 1.29 is 4.68 Å². The van der Waals surface area contributed by atoms with Crippen molar-refractivity contribution in [1.29, 1.82) is 0 Å². The van der Waals surface area contributed by atoms with Crippen LogP contribution in [0.1, 0.15) is 18.2 Å². The topological polar surface area (TPSA) is 29.7 Å². The minimum absolute atomic E-state index is 0.981. The molecule has 0 unspecified atom stereocenters. The van der Waals surface area contributed by atoms with Crippen LogP contribution in [-0.2, 0) is 13.5 Å². The van der Waals surface area contributed by atoms with Gasteiger partial charge in [-0.25, -0.2) is 0 Å². The molecule has 3 aromatic rings. The zero-order valence-electron chi connectivity index (χ0n) is 10.2. The van der Waals surface area contributed by atoms with E-state index in [2.05, 4.69) is 42.4 Å². The lowest BCUT2D eigenvalue weighted by atomic mass is 10.1. The van der Waals surface area contributed by atoms with Crippen LogP contribution < -0.4 is 4.68 Å². The predicted octanol–water partition coefficient (Wildman–Crippen LogP) is 2.54. The van der Waals surface area contributed by atoms with Gasteiger partial charge in [-0.3, -0.25) is 0 Å². The largest absolute Gasteiger partial charge is 0.233 e. The van der Waals surface area contributed by atoms with Crippen LogP contribution in [0, 0.1) is 6.92 Å². The standard InChI is InChI=1S/C13H14N3S/c1-4-10-13-11(14-15-16(10)3)9-7-5-6-8(2)12(9)17-13/h5-7H,4H2,1-3H3/q+1. The van der Waals surface area contributed by atoms with E-state index < -0.39 is 0 Å². The molecule has 3 nitrogen and oxygen atoms in total. The molecule has 0 amide bonds. The summed E-state index contributed by atoms with van der Waals surface area (Å²) in [6, 6.07) is 6.37. The number of nitrogens with zero attached hydrogens (tertiary/aromatic N) is 3. The van der Waals surface area contributed by atoms with E-state index in [1.54, 1.807) is 0 Å². The maximum absolute atomic E-state index is 4.34. The first-order valence-electron chi connectivity index (χ1n) is 5.76. The Bertz CT molecular complexity index is 715. The van der Waals surface area contributed by atoms with Crippen LogP contribution in [0.4, 0.5) is 0 Å². The van der Waals surface area contributed by atoms with Crippen molar-refractivity contribution in [2.45, 2.75) is 20.3 Å². The van der Waals surface area contributed by atoms with E-state index in [0.29, 0.717) is 0 Å². The third kappa shape index (κ3) is 1.44. The average Bonchev–Trinajstić information content (AvgIpc) is 2.69. The van der Waals surface area contributed by atoms with Crippen LogP contribution in [0.15, 0.2) is 18.2 Å². The molecular formula is C13H14N3S+. The average molecular weight is 244 g/mol. The van der Waals surface area contributed by atoms with Crippen LogP contribution in [0.25, 0.3) is 20.3 Å². The van der Waals surface area contributed by atoms with E-state index in [4.69, 9.17) is 0 Å². The zero-order chi connectivity index (χ0) is 12.0. The second-order valence-corrected chi connectivity index (χ2v) is 5.27. The van der Waals surface area contributed by atoms with Gasteiger partial charge in [0.1, 0.15) is 22.7 Å². The Morgan fingerprint density at radius 1 is 1.29 bits per heavy atom. The van der Waals surface area contributed by atoms with Crippen LogP contribution >= 0.6 is 11.3 Å². The summed E-state index contributed by atoms with van der Waals surface area (Å²) < 4.78 is 4.49. The summed E-state index contributed by atoms with van der Waals surface area (Å²) in [4.78, 5) is 0. The summed E-state index contributed by atoms with van der Waals surface area (Å²) in [7, 11) is 1.96. The van der Waals surface area contributed by atoms with Gasteiger partial charge >= 0.3 is 0 Å². The van der Waals surface area contributed by atoms with Gasteiger partial charge in [0.15, 0.2) is 0 Å². The van der Waals surface area contributed by atoms with Crippen molar-refractivity contribution in [3.8, 4) is 0 Å². The summed E-state index contributed by atoms with van der Waals surface area (Å²) >= 11 is 1.83. The third-order valence-corrected chi connectivity index (χ3v) is 4.53. The summed E-state index contributed by atoms with van der Waals surface area (Å²) in [5.41, 5.74) is 3.62. The van der Waals surface area contributed by atoms with Gasteiger partial charge in [0.05, 0.1) is 5.10 Å². The molecule has 4 heteroatoms. The first-order valence-corrected chi connectivity index (χ1v) is 6.57. The quantitative estimate of drug-likeness (QED) is 0.616. The lowest BCUT2D eigenvalue weighted by Gasteiger charge is -1.94. The lowest BCUT2D eigenvalue weighted by Crippen LogP contribution is -2.38. The zero-order valence-corrected chi connectivity index (χ0v) is 11.0. The van der Waals surface area contributed by atoms with Crippen molar-refractivity contribution in [2.24, 2.45) is 7.05 Å². The Balaban J connectivity index is 2.55. The van der Waals surface area contributed by atoms with Crippen molar-refractivity contribution in [2.75, 3.05) is 0 Å². The van der Waals surface area contributed by atoms with E-state index in [-0.39, 0.29) is 0 Å². The fraction of sp³-hybridized carbons (Fsp3) is 0.308. The van der Waals surface area contributed by atoms with E-state index in [1.807, 2.05) is 23.1 Å². The van der Waals surface area contributed by atoms with Gasteiger partial charge in [0.2, 0.25) is 5.52 Å². The van der Waals surface area contributed by atoms with Crippen molar-refractivity contribution in [1.82, 2.24) is 10.3 Å². The van der Waals surface area contributed by atoms with Gasteiger partial charge in [0.25, 0.3) is 0 Å². The highest BCUT2D eigenvalue weighted by atomic mass is 32.1. The van der Waals surface area contributed by atoms with Gasteiger partial charge < -0.3 is 0 Å². The normalized spacial score (nSPS) is 11.5. The SMILES string of the molecule is CCc1c2sc3c(C)cccc3c2nn[n+]1C. The number of benzene rings is 1. The van der Waals surface area contributed by atoms with Crippen molar-refractivity contribution in [3.63, 3.8) is 0 Å². The first kappa shape index (κ1) is 10.6. The number of thiophene rings is 1. The summed E-state index contributed by atoms with van der Waals surface area (Å²) in [5, 5.41) is 9.77. The fourth-order valence-corrected chi connectivity index (χ4v) is 3.59. The van der Waals surface area contributed by atoms with Gasteiger partial charge in [-0.2, -0.15) is 0 Å². The first-order chi connectivity index (χ1) is 8.22. The monoisotopic (exact) mass is 244 g/mol. The van der Waals surface area contributed by atoms with Crippen LogP contribution in [-0.4, -0.2) is 10.3 Å². The number of aromatic nitrogens is 3. The van der Waals surface area contributed by atoms with Crippen molar-refractivity contribution >= 4 is 31.6 Å². The third-order valence-electron chi connectivity index (χ3n) is 3.15. The lowest BCUT2D eigenvalue weighted by molar-refractivity contribution is -0.741. The molecule has 0 saturated carbocycles. The van der Waals surface area contributed by atoms with E-state index in [0.717, 1.165) is 11.9 Å². The van der Waals surface area contributed by atoms with Gasteiger partial charge in [-0.05, 0) is 18.6 Å². The van der Waals surface area contributed by atoms with Crippen molar-refractivity contribution in [3.05, 3.63) is 29.5 Å².